The lowest BCUT2D eigenvalue weighted by molar-refractivity contribution is 0.0966. The standard InChI is InChI=1S/C16H13BrN2O2S/c1-21-11-6-7-14-10(8-11)9-15(22-14)16(20)19-18-13-5-3-2-4-12(13)17/h2-9,18H,1H3,(H,19,20). The first-order valence-electron chi connectivity index (χ1n) is 6.56. The van der Waals surface area contributed by atoms with E-state index in [4.69, 9.17) is 4.74 Å². The number of fused-ring (bicyclic) bond motifs is 1. The fourth-order valence-electron chi connectivity index (χ4n) is 2.01. The molecule has 0 aliphatic carbocycles. The van der Waals surface area contributed by atoms with Crippen molar-refractivity contribution in [3.05, 3.63) is 57.9 Å². The molecule has 0 fully saturated rings. The second-order valence-corrected chi connectivity index (χ2v) is 6.51. The minimum Gasteiger partial charge on any atom is -0.497 e. The van der Waals surface area contributed by atoms with Gasteiger partial charge in [-0.1, -0.05) is 12.1 Å². The number of thiophene rings is 1. The third-order valence-corrected chi connectivity index (χ3v) is 4.94. The number of carbonyl (C=O) groups excluding carboxylic acids is 1. The Kier molecular flexibility index (Phi) is 4.31. The van der Waals surface area contributed by atoms with Crippen LogP contribution in [0.2, 0.25) is 0 Å². The minimum absolute atomic E-state index is 0.170. The van der Waals surface area contributed by atoms with E-state index in [1.54, 1.807) is 7.11 Å². The van der Waals surface area contributed by atoms with Crippen LogP contribution in [0.5, 0.6) is 5.75 Å². The molecule has 2 aromatic carbocycles. The zero-order valence-corrected chi connectivity index (χ0v) is 14.1. The molecular formula is C16H13BrN2O2S. The van der Waals surface area contributed by atoms with Gasteiger partial charge in [-0.15, -0.1) is 11.3 Å². The van der Waals surface area contributed by atoms with E-state index >= 15 is 0 Å². The molecule has 3 aromatic rings. The van der Waals surface area contributed by atoms with Crippen LogP contribution < -0.4 is 15.6 Å². The van der Waals surface area contributed by atoms with Crippen LogP contribution in [-0.4, -0.2) is 13.0 Å². The molecular weight excluding hydrogens is 364 g/mol. The molecule has 0 aliphatic rings. The lowest BCUT2D eigenvalue weighted by Gasteiger charge is -2.08. The Hall–Kier alpha value is -2.05. The summed E-state index contributed by atoms with van der Waals surface area (Å²) in [7, 11) is 1.63. The van der Waals surface area contributed by atoms with E-state index in [-0.39, 0.29) is 5.91 Å². The van der Waals surface area contributed by atoms with Crippen LogP contribution in [0.3, 0.4) is 0 Å². The van der Waals surface area contributed by atoms with Crippen molar-refractivity contribution in [3.63, 3.8) is 0 Å². The minimum atomic E-state index is -0.170. The molecule has 22 heavy (non-hydrogen) atoms. The molecule has 0 bridgehead atoms. The van der Waals surface area contributed by atoms with Gasteiger partial charge in [-0.05, 0) is 57.7 Å². The summed E-state index contributed by atoms with van der Waals surface area (Å²) in [5.74, 6) is 0.611. The Morgan fingerprint density at radius 1 is 1.18 bits per heavy atom. The van der Waals surface area contributed by atoms with Gasteiger partial charge in [0.2, 0.25) is 0 Å². The Morgan fingerprint density at radius 3 is 2.77 bits per heavy atom. The first-order valence-corrected chi connectivity index (χ1v) is 8.17. The van der Waals surface area contributed by atoms with Gasteiger partial charge < -0.3 is 4.74 Å². The number of anilines is 1. The number of hydrogen-bond donors (Lipinski definition) is 2. The average Bonchev–Trinajstić information content (AvgIpc) is 2.96. The Labute approximate surface area is 140 Å². The number of para-hydroxylation sites is 1. The number of amides is 1. The monoisotopic (exact) mass is 376 g/mol. The SMILES string of the molecule is COc1ccc2sc(C(=O)NNc3ccccc3Br)cc2c1. The van der Waals surface area contributed by atoms with Gasteiger partial charge >= 0.3 is 0 Å². The normalized spacial score (nSPS) is 10.5. The average molecular weight is 377 g/mol. The number of hydrogen-bond acceptors (Lipinski definition) is 4. The van der Waals surface area contributed by atoms with E-state index in [1.807, 2.05) is 48.5 Å². The molecule has 0 spiro atoms. The molecule has 3 rings (SSSR count). The van der Waals surface area contributed by atoms with Crippen LogP contribution in [0.1, 0.15) is 9.67 Å². The van der Waals surface area contributed by atoms with Crippen LogP contribution in [0.25, 0.3) is 10.1 Å². The van der Waals surface area contributed by atoms with Gasteiger partial charge in [0.05, 0.1) is 17.7 Å². The van der Waals surface area contributed by atoms with Gasteiger partial charge in [-0.25, -0.2) is 0 Å². The van der Waals surface area contributed by atoms with E-state index in [9.17, 15) is 4.79 Å². The quantitative estimate of drug-likeness (QED) is 0.662. The lowest BCUT2D eigenvalue weighted by atomic mass is 10.2. The van der Waals surface area contributed by atoms with E-state index < -0.39 is 0 Å². The molecule has 1 amide bonds. The first kappa shape index (κ1) is 14.9. The summed E-state index contributed by atoms with van der Waals surface area (Å²) in [5.41, 5.74) is 6.42. The molecule has 4 nitrogen and oxygen atoms in total. The smallest absolute Gasteiger partial charge is 0.279 e. The number of benzene rings is 2. The maximum absolute atomic E-state index is 12.2. The van der Waals surface area contributed by atoms with Crippen LogP contribution in [0.4, 0.5) is 5.69 Å². The number of nitrogens with one attached hydrogen (secondary N) is 2. The topological polar surface area (TPSA) is 50.4 Å². The molecule has 112 valence electrons. The van der Waals surface area contributed by atoms with Gasteiger partial charge in [0.1, 0.15) is 5.75 Å². The second kappa shape index (κ2) is 6.37. The van der Waals surface area contributed by atoms with Crippen LogP contribution >= 0.6 is 27.3 Å². The maximum atomic E-state index is 12.2. The fraction of sp³-hybridized carbons (Fsp3) is 0.0625. The number of carbonyl (C=O) groups is 1. The van der Waals surface area contributed by atoms with Crippen LogP contribution in [0, 0.1) is 0 Å². The summed E-state index contributed by atoms with van der Waals surface area (Å²) in [6.45, 7) is 0. The summed E-state index contributed by atoms with van der Waals surface area (Å²) < 4.78 is 7.13. The third-order valence-electron chi connectivity index (χ3n) is 3.13. The molecule has 1 heterocycles. The van der Waals surface area contributed by atoms with Gasteiger partial charge in [-0.2, -0.15) is 0 Å². The Morgan fingerprint density at radius 2 is 2.00 bits per heavy atom. The summed E-state index contributed by atoms with van der Waals surface area (Å²) in [4.78, 5) is 12.9. The molecule has 0 unspecified atom stereocenters. The number of halogens is 1. The van der Waals surface area contributed by atoms with Crippen molar-refractivity contribution in [1.29, 1.82) is 0 Å². The number of methoxy groups -OCH3 is 1. The third kappa shape index (κ3) is 3.08. The molecule has 0 atom stereocenters. The fourth-order valence-corrected chi connectivity index (χ4v) is 3.33. The molecule has 0 radical (unpaired) electrons. The summed E-state index contributed by atoms with van der Waals surface area (Å²) in [6, 6.07) is 15.2. The summed E-state index contributed by atoms with van der Waals surface area (Å²) in [6.07, 6.45) is 0. The highest BCUT2D eigenvalue weighted by atomic mass is 79.9. The largest absolute Gasteiger partial charge is 0.497 e. The number of rotatable bonds is 4. The highest BCUT2D eigenvalue weighted by molar-refractivity contribution is 9.10. The Bertz CT molecular complexity index is 832. The molecule has 0 saturated carbocycles. The van der Waals surface area contributed by atoms with Crippen molar-refractivity contribution in [2.75, 3.05) is 12.5 Å². The van der Waals surface area contributed by atoms with Crippen molar-refractivity contribution < 1.29 is 9.53 Å². The van der Waals surface area contributed by atoms with Gasteiger partial charge in [0.15, 0.2) is 0 Å². The van der Waals surface area contributed by atoms with Gasteiger partial charge in [0.25, 0.3) is 5.91 Å². The van der Waals surface area contributed by atoms with Crippen molar-refractivity contribution >= 4 is 48.9 Å². The predicted molar refractivity (Wildman–Crippen MR) is 93.6 cm³/mol. The van der Waals surface area contributed by atoms with Gasteiger partial charge in [0, 0.05) is 9.17 Å². The van der Waals surface area contributed by atoms with Crippen LogP contribution in [-0.2, 0) is 0 Å². The Balaban J connectivity index is 1.76. The molecule has 0 saturated heterocycles. The summed E-state index contributed by atoms with van der Waals surface area (Å²) >= 11 is 4.87. The first-order chi connectivity index (χ1) is 10.7. The van der Waals surface area contributed by atoms with E-state index in [0.29, 0.717) is 4.88 Å². The zero-order valence-electron chi connectivity index (χ0n) is 11.7. The zero-order chi connectivity index (χ0) is 15.5. The van der Waals surface area contributed by atoms with Crippen molar-refractivity contribution in [3.8, 4) is 5.75 Å². The molecule has 1 aromatic heterocycles. The highest BCUT2D eigenvalue weighted by Gasteiger charge is 2.11. The predicted octanol–water partition coefficient (Wildman–Crippen LogP) is 4.43. The van der Waals surface area contributed by atoms with E-state index in [1.165, 1.54) is 11.3 Å². The van der Waals surface area contributed by atoms with Gasteiger partial charge in [-0.3, -0.25) is 15.6 Å². The van der Waals surface area contributed by atoms with Crippen molar-refractivity contribution in [2.45, 2.75) is 0 Å². The van der Waals surface area contributed by atoms with Crippen molar-refractivity contribution in [2.24, 2.45) is 0 Å². The van der Waals surface area contributed by atoms with Crippen LogP contribution in [0.15, 0.2) is 53.0 Å². The van der Waals surface area contributed by atoms with E-state index in [0.717, 1.165) is 26.0 Å². The summed E-state index contributed by atoms with van der Waals surface area (Å²) in [5, 5.41) is 0.996. The molecule has 2 N–H and O–H groups in total. The maximum Gasteiger partial charge on any atom is 0.279 e. The molecule has 0 aliphatic heterocycles. The van der Waals surface area contributed by atoms with E-state index in [2.05, 4.69) is 26.8 Å². The molecule has 6 heteroatoms. The second-order valence-electron chi connectivity index (χ2n) is 4.57. The highest BCUT2D eigenvalue weighted by Crippen LogP contribution is 2.29. The number of hydrazine groups is 1. The van der Waals surface area contributed by atoms with Crippen molar-refractivity contribution in [1.82, 2.24) is 5.43 Å². The lowest BCUT2D eigenvalue weighted by Crippen LogP contribution is -2.28. The number of ether oxygens (including phenoxy) is 1.